The van der Waals surface area contributed by atoms with Crippen molar-refractivity contribution in [2.75, 3.05) is 46.9 Å². The summed E-state index contributed by atoms with van der Waals surface area (Å²) in [6, 6.07) is 15.3. The Bertz CT molecular complexity index is 1200. The highest BCUT2D eigenvalue weighted by Gasteiger charge is 2.35. The van der Waals surface area contributed by atoms with Crippen molar-refractivity contribution >= 4 is 22.8 Å². The molecule has 1 unspecified atom stereocenters. The van der Waals surface area contributed by atoms with Gasteiger partial charge in [-0.2, -0.15) is 0 Å². The van der Waals surface area contributed by atoms with Crippen LogP contribution in [0.1, 0.15) is 33.8 Å². The number of amides is 2. The Kier molecular flexibility index (Phi) is 6.39. The molecule has 34 heavy (non-hydrogen) atoms. The van der Waals surface area contributed by atoms with Crippen LogP contribution in [-0.2, 0) is 4.74 Å². The first-order chi connectivity index (χ1) is 16.5. The first kappa shape index (κ1) is 22.6. The van der Waals surface area contributed by atoms with Gasteiger partial charge in [0.15, 0.2) is 5.76 Å². The van der Waals surface area contributed by atoms with E-state index in [0.29, 0.717) is 36.0 Å². The number of para-hydroxylation sites is 1. The van der Waals surface area contributed by atoms with E-state index in [0.717, 1.165) is 49.0 Å². The summed E-state index contributed by atoms with van der Waals surface area (Å²) in [5.41, 5.74) is 2.97. The zero-order chi connectivity index (χ0) is 23.7. The molecule has 6 rings (SSSR count). The maximum Gasteiger partial charge on any atom is 0.287 e. The molecule has 1 atom stereocenters. The van der Waals surface area contributed by atoms with Gasteiger partial charge < -0.3 is 24.3 Å². The quantitative estimate of drug-likeness (QED) is 0.582. The van der Waals surface area contributed by atoms with Gasteiger partial charge in [-0.1, -0.05) is 30.3 Å². The van der Waals surface area contributed by atoms with Crippen molar-refractivity contribution in [3.63, 3.8) is 0 Å². The van der Waals surface area contributed by atoms with Gasteiger partial charge in [0.05, 0.1) is 6.61 Å². The molecule has 0 saturated carbocycles. The van der Waals surface area contributed by atoms with Crippen LogP contribution in [0.2, 0.25) is 0 Å². The van der Waals surface area contributed by atoms with Crippen LogP contribution in [0.25, 0.3) is 22.1 Å². The van der Waals surface area contributed by atoms with Gasteiger partial charge in [-0.25, -0.2) is 0 Å². The summed E-state index contributed by atoms with van der Waals surface area (Å²) in [6.07, 6.45) is 2.29. The molecule has 3 aliphatic heterocycles. The lowest BCUT2D eigenvalue weighted by Gasteiger charge is -2.44. The fourth-order valence-electron chi connectivity index (χ4n) is 5.14. The minimum Gasteiger partial charge on any atom is -0.450 e. The second kappa shape index (κ2) is 9.60. The van der Waals surface area contributed by atoms with Crippen molar-refractivity contribution < 1.29 is 18.7 Å². The van der Waals surface area contributed by atoms with E-state index in [4.69, 9.17) is 9.15 Å². The van der Waals surface area contributed by atoms with Gasteiger partial charge in [0.1, 0.15) is 5.58 Å². The summed E-state index contributed by atoms with van der Waals surface area (Å²) in [4.78, 5) is 29.9. The highest BCUT2D eigenvalue weighted by molar-refractivity contribution is 6.01. The number of furan rings is 1. The smallest absolute Gasteiger partial charge is 0.287 e. The van der Waals surface area contributed by atoms with E-state index in [2.05, 4.69) is 10.2 Å². The zero-order valence-electron chi connectivity index (χ0n) is 19.8. The molecular weight excluding hydrogens is 430 g/mol. The molecule has 3 fully saturated rings. The zero-order valence-corrected chi connectivity index (χ0v) is 19.8. The van der Waals surface area contributed by atoms with E-state index in [-0.39, 0.29) is 17.9 Å². The Labute approximate surface area is 199 Å². The van der Waals surface area contributed by atoms with Crippen LogP contribution in [0.3, 0.4) is 0 Å². The highest BCUT2D eigenvalue weighted by Crippen LogP contribution is 2.32. The fraction of sp³-hybridized carbons (Fsp3) is 0.407. The lowest BCUT2D eigenvalue weighted by atomic mass is 9.84. The average molecular weight is 462 g/mol. The molecule has 2 aromatic carbocycles. The first-order valence-corrected chi connectivity index (χ1v) is 11.9. The fourth-order valence-corrected chi connectivity index (χ4v) is 5.14. The minimum atomic E-state index is -0.162. The van der Waals surface area contributed by atoms with E-state index in [9.17, 15) is 9.59 Å². The molecule has 0 radical (unpaired) electrons. The number of hydrogen-bond acceptors (Lipinski definition) is 5. The summed E-state index contributed by atoms with van der Waals surface area (Å²) >= 11 is 0. The summed E-state index contributed by atoms with van der Waals surface area (Å²) in [5.74, 6) is 0.648. The van der Waals surface area contributed by atoms with E-state index in [1.807, 2.05) is 48.5 Å². The maximum atomic E-state index is 13.0. The molecule has 4 heterocycles. The van der Waals surface area contributed by atoms with Gasteiger partial charge in [0, 0.05) is 49.8 Å². The van der Waals surface area contributed by atoms with Crippen molar-refractivity contribution in [3.8, 4) is 11.1 Å². The van der Waals surface area contributed by atoms with Gasteiger partial charge in [0.2, 0.25) is 0 Å². The van der Waals surface area contributed by atoms with Gasteiger partial charge in [-0.15, -0.1) is 0 Å². The predicted molar refractivity (Wildman–Crippen MR) is 131 cm³/mol. The van der Waals surface area contributed by atoms with Gasteiger partial charge in [-0.3, -0.25) is 9.59 Å². The van der Waals surface area contributed by atoms with E-state index in [1.165, 1.54) is 0 Å². The number of piperidine rings is 3. The van der Waals surface area contributed by atoms with Crippen molar-refractivity contribution in [2.45, 2.75) is 18.9 Å². The minimum absolute atomic E-state index is 0.0666. The number of nitrogens with zero attached hydrogens (tertiary/aromatic N) is 2. The Balaban J connectivity index is 1.39. The molecule has 0 aliphatic carbocycles. The predicted octanol–water partition coefficient (Wildman–Crippen LogP) is 3.64. The monoisotopic (exact) mass is 461 g/mol. The van der Waals surface area contributed by atoms with Crippen molar-refractivity contribution in [3.05, 3.63) is 59.9 Å². The van der Waals surface area contributed by atoms with Crippen molar-refractivity contribution in [1.29, 1.82) is 0 Å². The summed E-state index contributed by atoms with van der Waals surface area (Å²) < 4.78 is 11.2. The first-order valence-electron chi connectivity index (χ1n) is 11.9. The van der Waals surface area contributed by atoms with E-state index in [1.54, 1.807) is 19.1 Å². The second-order valence-electron chi connectivity index (χ2n) is 9.35. The molecule has 1 N–H and O–H groups in total. The normalized spacial score (nSPS) is 21.5. The number of hydrogen-bond donors (Lipinski definition) is 1. The van der Waals surface area contributed by atoms with Crippen LogP contribution >= 0.6 is 0 Å². The van der Waals surface area contributed by atoms with Crippen molar-refractivity contribution in [2.24, 2.45) is 5.92 Å². The number of methoxy groups -OCH3 is 1. The number of rotatable bonds is 7. The maximum absolute atomic E-state index is 13.0. The summed E-state index contributed by atoms with van der Waals surface area (Å²) in [5, 5.41) is 4.07. The van der Waals surface area contributed by atoms with E-state index >= 15 is 0 Å². The van der Waals surface area contributed by atoms with Gasteiger partial charge in [-0.05, 0) is 55.6 Å². The number of carbonyl (C=O) groups is 2. The van der Waals surface area contributed by atoms with Gasteiger partial charge in [0.25, 0.3) is 11.8 Å². The molecule has 3 aliphatic rings. The number of benzene rings is 2. The topological polar surface area (TPSA) is 75.0 Å². The van der Waals surface area contributed by atoms with E-state index < -0.39 is 0 Å². The Morgan fingerprint density at radius 2 is 1.94 bits per heavy atom. The third-order valence-electron chi connectivity index (χ3n) is 7.14. The van der Waals surface area contributed by atoms with Crippen molar-refractivity contribution in [1.82, 2.24) is 15.1 Å². The molecule has 7 heteroatoms. The molecule has 2 amide bonds. The molecule has 3 aromatic rings. The Morgan fingerprint density at radius 3 is 2.68 bits per heavy atom. The summed E-state index contributed by atoms with van der Waals surface area (Å²) in [7, 11) is 3.38. The third kappa shape index (κ3) is 4.45. The number of nitrogens with one attached hydrogen (secondary N) is 1. The number of fused-ring (bicyclic) bond motifs is 4. The van der Waals surface area contributed by atoms with Crippen LogP contribution in [0.15, 0.2) is 52.9 Å². The standard InChI is InChI=1S/C27H31N3O4/c1-29(13-14-33-2)27(32)21-7-3-5-19(15-21)22-8-4-6-20-16-24(34-25(20)22)26(31)28-23-17-30-11-9-18(23)10-12-30/h3-8,15-16,18,23H,9-14,17H2,1-2H3,(H,28,31). The number of ether oxygens (including phenoxy) is 1. The molecule has 3 saturated heterocycles. The number of likely N-dealkylation sites (N-methyl/N-ethyl adjacent to an activating group) is 1. The SMILES string of the molecule is COCCN(C)C(=O)c1cccc(-c2cccc3cc(C(=O)NC4CN5CCC4CC5)oc23)c1. The average Bonchev–Trinajstić information content (AvgIpc) is 3.32. The van der Waals surface area contributed by atoms with Gasteiger partial charge >= 0.3 is 0 Å². The molecule has 7 nitrogen and oxygen atoms in total. The summed E-state index contributed by atoms with van der Waals surface area (Å²) in [6.45, 7) is 4.19. The highest BCUT2D eigenvalue weighted by atomic mass is 16.5. The number of carbonyl (C=O) groups excluding carboxylic acids is 2. The van der Waals surface area contributed by atoms with Crippen LogP contribution in [-0.4, -0.2) is 74.6 Å². The largest absolute Gasteiger partial charge is 0.450 e. The lowest BCUT2D eigenvalue weighted by Crippen LogP contribution is -2.57. The second-order valence-corrected chi connectivity index (χ2v) is 9.35. The molecular formula is C27H31N3O4. The van der Waals surface area contributed by atoms with Crippen LogP contribution < -0.4 is 5.32 Å². The molecule has 2 bridgehead atoms. The Hall–Kier alpha value is -3.16. The molecule has 1 aromatic heterocycles. The lowest BCUT2D eigenvalue weighted by molar-refractivity contribution is 0.0607. The van der Waals surface area contributed by atoms with Crippen LogP contribution in [0.4, 0.5) is 0 Å². The molecule has 0 spiro atoms. The third-order valence-corrected chi connectivity index (χ3v) is 7.14. The Morgan fingerprint density at radius 1 is 1.15 bits per heavy atom. The molecule has 178 valence electrons. The van der Waals surface area contributed by atoms with Crippen LogP contribution in [0, 0.1) is 5.92 Å². The van der Waals surface area contributed by atoms with Crippen LogP contribution in [0.5, 0.6) is 0 Å².